The molecule has 0 aliphatic rings. The van der Waals surface area contributed by atoms with Crippen LogP contribution in [0.4, 0.5) is 5.69 Å². The number of hydrogen-bond donors (Lipinski definition) is 3. The number of carbonyl (C=O) groups excluding carboxylic acids is 1. The average Bonchev–Trinajstić information content (AvgIpc) is 2.68. The molecule has 2 aromatic carbocycles. The van der Waals surface area contributed by atoms with E-state index in [0.29, 0.717) is 18.8 Å². The summed E-state index contributed by atoms with van der Waals surface area (Å²) in [6.45, 7) is 4.06. The van der Waals surface area contributed by atoms with Gasteiger partial charge in [-0.25, -0.2) is 8.42 Å². The van der Waals surface area contributed by atoms with E-state index in [9.17, 15) is 13.2 Å². The van der Waals surface area contributed by atoms with E-state index < -0.39 is 10.0 Å². The van der Waals surface area contributed by atoms with Crippen LogP contribution in [0.5, 0.6) is 5.75 Å². The molecule has 0 spiro atoms. The zero-order chi connectivity index (χ0) is 19.7. The lowest BCUT2D eigenvalue weighted by atomic mass is 10.1. The fourth-order valence-electron chi connectivity index (χ4n) is 2.39. The fourth-order valence-corrected chi connectivity index (χ4v) is 3.47. The number of carbonyl (C=O) groups is 1. The topological polar surface area (TPSA) is 96.5 Å². The van der Waals surface area contributed by atoms with Gasteiger partial charge in [-0.1, -0.05) is 19.1 Å². The van der Waals surface area contributed by atoms with E-state index in [2.05, 4.69) is 22.3 Å². The van der Waals surface area contributed by atoms with Crippen molar-refractivity contribution < 1.29 is 17.9 Å². The molecule has 0 atom stereocenters. The van der Waals surface area contributed by atoms with E-state index in [-0.39, 0.29) is 34.5 Å². The molecule has 0 radical (unpaired) electrons. The fraction of sp³-hybridized carbons (Fsp3) is 0.316. The van der Waals surface area contributed by atoms with E-state index >= 15 is 0 Å². The summed E-state index contributed by atoms with van der Waals surface area (Å²) in [5, 5.41) is 5.98. The van der Waals surface area contributed by atoms with Crippen molar-refractivity contribution in [3.8, 4) is 5.75 Å². The van der Waals surface area contributed by atoms with E-state index in [1.807, 2.05) is 0 Å². The number of ether oxygens (including phenoxy) is 1. The van der Waals surface area contributed by atoms with Gasteiger partial charge in [-0.15, -0.1) is 12.4 Å². The molecule has 7 nitrogen and oxygen atoms in total. The minimum absolute atomic E-state index is 0. The standard InChI is InChI=1S/C19H25N3O4S.ClH/c1-3-12-20-13-14-21-19(23)17-6-4-5-7-18(17)22-27(24,25)16-10-8-15(26-2)9-11-16;/h4-11,20,22H,3,12-14H2,1-2H3,(H,21,23);1H. The van der Waals surface area contributed by atoms with Gasteiger partial charge < -0.3 is 15.4 Å². The highest BCUT2D eigenvalue weighted by atomic mass is 35.5. The van der Waals surface area contributed by atoms with Crippen molar-refractivity contribution in [3.63, 3.8) is 0 Å². The molecule has 0 aromatic heterocycles. The van der Waals surface area contributed by atoms with Gasteiger partial charge in [0.2, 0.25) is 0 Å². The van der Waals surface area contributed by atoms with E-state index in [1.165, 1.54) is 19.2 Å². The lowest BCUT2D eigenvalue weighted by Gasteiger charge is -2.13. The number of amides is 1. The minimum Gasteiger partial charge on any atom is -0.497 e. The number of sulfonamides is 1. The van der Waals surface area contributed by atoms with Crippen LogP contribution in [0.15, 0.2) is 53.4 Å². The molecule has 3 N–H and O–H groups in total. The Morgan fingerprint density at radius 3 is 2.32 bits per heavy atom. The molecule has 0 fully saturated rings. The summed E-state index contributed by atoms with van der Waals surface area (Å²) in [5.41, 5.74) is 0.498. The van der Waals surface area contributed by atoms with Crippen LogP contribution in [-0.4, -0.2) is 41.1 Å². The maximum absolute atomic E-state index is 12.6. The maximum atomic E-state index is 12.6. The first-order valence-electron chi connectivity index (χ1n) is 8.72. The van der Waals surface area contributed by atoms with E-state index in [4.69, 9.17) is 4.74 Å². The molecule has 0 saturated carbocycles. The summed E-state index contributed by atoms with van der Waals surface area (Å²) in [6, 6.07) is 12.5. The molecule has 0 saturated heterocycles. The monoisotopic (exact) mass is 427 g/mol. The van der Waals surface area contributed by atoms with Crippen LogP contribution in [0.2, 0.25) is 0 Å². The predicted octanol–water partition coefficient (Wildman–Crippen LogP) is 2.65. The van der Waals surface area contributed by atoms with Crippen molar-refractivity contribution >= 4 is 34.0 Å². The van der Waals surface area contributed by atoms with Gasteiger partial charge in [-0.3, -0.25) is 9.52 Å². The molecule has 0 bridgehead atoms. The maximum Gasteiger partial charge on any atom is 0.261 e. The number of nitrogens with one attached hydrogen (secondary N) is 3. The summed E-state index contributed by atoms with van der Waals surface area (Å²) < 4.78 is 32.8. The molecule has 0 heterocycles. The summed E-state index contributed by atoms with van der Waals surface area (Å²) in [5.74, 6) is 0.228. The van der Waals surface area contributed by atoms with Gasteiger partial charge >= 0.3 is 0 Å². The first-order chi connectivity index (χ1) is 13.0. The number of benzene rings is 2. The van der Waals surface area contributed by atoms with Crippen LogP contribution in [0, 0.1) is 0 Å². The number of methoxy groups -OCH3 is 1. The highest BCUT2D eigenvalue weighted by molar-refractivity contribution is 7.92. The van der Waals surface area contributed by atoms with Gasteiger partial charge in [0.05, 0.1) is 23.3 Å². The quantitative estimate of drug-likeness (QED) is 0.506. The van der Waals surface area contributed by atoms with Crippen molar-refractivity contribution in [2.75, 3.05) is 31.5 Å². The lowest BCUT2D eigenvalue weighted by molar-refractivity contribution is 0.0955. The number of halogens is 1. The lowest BCUT2D eigenvalue weighted by Crippen LogP contribution is -2.32. The largest absolute Gasteiger partial charge is 0.497 e. The predicted molar refractivity (Wildman–Crippen MR) is 113 cm³/mol. The Morgan fingerprint density at radius 2 is 1.68 bits per heavy atom. The SMILES string of the molecule is CCCNCCNC(=O)c1ccccc1NS(=O)(=O)c1ccc(OC)cc1.Cl. The summed E-state index contributed by atoms with van der Waals surface area (Å²) in [6.07, 6.45) is 1.02. The van der Waals surface area contributed by atoms with E-state index in [1.54, 1.807) is 36.4 Å². The summed E-state index contributed by atoms with van der Waals surface area (Å²) in [4.78, 5) is 12.5. The van der Waals surface area contributed by atoms with Gasteiger partial charge in [0, 0.05) is 13.1 Å². The Hall–Kier alpha value is -2.29. The Kier molecular flexibility index (Phi) is 9.78. The molecule has 0 aliphatic heterocycles. The van der Waals surface area contributed by atoms with Gasteiger partial charge in [0.25, 0.3) is 15.9 Å². The van der Waals surface area contributed by atoms with E-state index in [0.717, 1.165) is 13.0 Å². The zero-order valence-electron chi connectivity index (χ0n) is 15.9. The third kappa shape index (κ3) is 6.70. The number of rotatable bonds is 10. The summed E-state index contributed by atoms with van der Waals surface area (Å²) >= 11 is 0. The van der Waals surface area contributed by atoms with Gasteiger partial charge in [0.1, 0.15) is 5.75 Å². The van der Waals surface area contributed by atoms with Crippen LogP contribution in [0.3, 0.4) is 0 Å². The van der Waals surface area contributed by atoms with Crippen LogP contribution in [-0.2, 0) is 10.0 Å². The van der Waals surface area contributed by atoms with Crippen LogP contribution >= 0.6 is 12.4 Å². The third-order valence-corrected chi connectivity index (χ3v) is 5.18. The molecular weight excluding hydrogens is 402 g/mol. The second kappa shape index (κ2) is 11.5. The molecule has 0 unspecified atom stereocenters. The third-order valence-electron chi connectivity index (χ3n) is 3.80. The van der Waals surface area contributed by atoms with Crippen LogP contribution in [0.1, 0.15) is 23.7 Å². The van der Waals surface area contributed by atoms with Crippen molar-refractivity contribution in [2.24, 2.45) is 0 Å². The smallest absolute Gasteiger partial charge is 0.261 e. The second-order valence-corrected chi connectivity index (χ2v) is 7.51. The number of hydrogen-bond acceptors (Lipinski definition) is 5. The number of anilines is 1. The first-order valence-corrected chi connectivity index (χ1v) is 10.2. The van der Waals surface area contributed by atoms with Crippen molar-refractivity contribution in [3.05, 3.63) is 54.1 Å². The molecule has 0 aliphatic carbocycles. The van der Waals surface area contributed by atoms with Crippen molar-refractivity contribution in [1.82, 2.24) is 10.6 Å². The van der Waals surface area contributed by atoms with Gasteiger partial charge in [-0.2, -0.15) is 0 Å². The molecule has 2 rings (SSSR count). The Morgan fingerprint density at radius 1 is 1.00 bits per heavy atom. The zero-order valence-corrected chi connectivity index (χ0v) is 17.5. The normalized spacial score (nSPS) is 10.6. The molecule has 2 aromatic rings. The highest BCUT2D eigenvalue weighted by Crippen LogP contribution is 2.21. The van der Waals surface area contributed by atoms with Gasteiger partial charge in [-0.05, 0) is 49.4 Å². The van der Waals surface area contributed by atoms with Crippen molar-refractivity contribution in [1.29, 1.82) is 0 Å². The molecular formula is C19H26ClN3O4S. The molecule has 9 heteroatoms. The Bertz CT molecular complexity index is 858. The molecule has 1 amide bonds. The van der Waals surface area contributed by atoms with Crippen molar-refractivity contribution in [2.45, 2.75) is 18.2 Å². The first kappa shape index (κ1) is 23.7. The number of para-hydroxylation sites is 1. The minimum atomic E-state index is -3.82. The highest BCUT2D eigenvalue weighted by Gasteiger charge is 2.18. The Labute approximate surface area is 172 Å². The molecule has 28 heavy (non-hydrogen) atoms. The molecule has 154 valence electrons. The van der Waals surface area contributed by atoms with Crippen LogP contribution < -0.4 is 20.1 Å². The summed E-state index contributed by atoms with van der Waals surface area (Å²) in [7, 11) is -2.32. The van der Waals surface area contributed by atoms with Crippen LogP contribution in [0.25, 0.3) is 0 Å². The second-order valence-electron chi connectivity index (χ2n) is 5.83. The average molecular weight is 428 g/mol. The Balaban J connectivity index is 0.00000392. The van der Waals surface area contributed by atoms with Gasteiger partial charge in [0.15, 0.2) is 0 Å².